The second-order valence-corrected chi connectivity index (χ2v) is 8.82. The molecule has 0 radical (unpaired) electrons. The van der Waals surface area contributed by atoms with E-state index in [2.05, 4.69) is 19.1 Å². The van der Waals surface area contributed by atoms with Gasteiger partial charge in [0.05, 0.1) is 33.9 Å². The number of aryl methyl sites for hydroxylation is 1. The largest absolute Gasteiger partial charge is 0.372 e. The van der Waals surface area contributed by atoms with Gasteiger partial charge in [0.25, 0.3) is 5.91 Å². The molecule has 2 aromatic heterocycles. The zero-order valence-electron chi connectivity index (χ0n) is 15.5. The zero-order chi connectivity index (χ0) is 19.1. The summed E-state index contributed by atoms with van der Waals surface area (Å²) >= 11 is 7.89. The van der Waals surface area contributed by atoms with Gasteiger partial charge in [-0.25, -0.2) is 4.98 Å². The highest BCUT2D eigenvalue weighted by Crippen LogP contribution is 2.31. The van der Waals surface area contributed by atoms with Crippen molar-refractivity contribution in [2.45, 2.75) is 33.0 Å². The van der Waals surface area contributed by atoms with E-state index in [4.69, 9.17) is 21.3 Å². The first-order chi connectivity index (χ1) is 12.9. The lowest BCUT2D eigenvalue weighted by atomic mass is 10.0. The molecule has 1 aliphatic rings. The van der Waals surface area contributed by atoms with Crippen LogP contribution in [0, 0.1) is 6.92 Å². The molecule has 140 valence electrons. The second kappa shape index (κ2) is 7.23. The minimum absolute atomic E-state index is 0.00111. The second-order valence-electron chi connectivity index (χ2n) is 7.09. The summed E-state index contributed by atoms with van der Waals surface area (Å²) in [6.45, 7) is 7.23. The number of carbonyl (C=O) groups excluding carboxylic acids is 1. The van der Waals surface area contributed by atoms with Crippen LogP contribution in [0.15, 0.2) is 36.4 Å². The minimum atomic E-state index is 0.00111. The Hall–Kier alpha value is -1.95. The maximum absolute atomic E-state index is 13.4. The molecule has 0 aliphatic carbocycles. The van der Waals surface area contributed by atoms with Gasteiger partial charge in [-0.15, -0.1) is 11.3 Å². The number of halogens is 1. The van der Waals surface area contributed by atoms with Crippen LogP contribution in [0.5, 0.6) is 0 Å². The number of nitrogens with zero attached hydrogens (tertiary/aromatic N) is 2. The summed E-state index contributed by atoms with van der Waals surface area (Å²) in [5.74, 6) is 0.00111. The molecule has 0 bridgehead atoms. The van der Waals surface area contributed by atoms with Gasteiger partial charge in [0, 0.05) is 28.4 Å². The third-order valence-electron chi connectivity index (χ3n) is 4.70. The first kappa shape index (κ1) is 18.4. The number of morpholine rings is 1. The van der Waals surface area contributed by atoms with E-state index in [0.29, 0.717) is 23.7 Å². The molecule has 0 saturated carbocycles. The number of rotatable bonds is 2. The Morgan fingerprint density at radius 1 is 1.19 bits per heavy atom. The third-order valence-corrected chi connectivity index (χ3v) is 5.96. The van der Waals surface area contributed by atoms with Crippen molar-refractivity contribution in [3.05, 3.63) is 51.9 Å². The number of hydrogen-bond donors (Lipinski definition) is 0. The highest BCUT2D eigenvalue weighted by Gasteiger charge is 2.28. The van der Waals surface area contributed by atoms with Crippen LogP contribution in [0.4, 0.5) is 0 Å². The molecule has 27 heavy (non-hydrogen) atoms. The van der Waals surface area contributed by atoms with Crippen LogP contribution in [-0.2, 0) is 4.74 Å². The monoisotopic (exact) mass is 400 g/mol. The highest BCUT2D eigenvalue weighted by atomic mass is 35.5. The maximum Gasteiger partial charge on any atom is 0.254 e. The first-order valence-electron chi connectivity index (χ1n) is 9.02. The lowest BCUT2D eigenvalue weighted by Crippen LogP contribution is -2.48. The number of hydrogen-bond acceptors (Lipinski definition) is 4. The zero-order valence-corrected chi connectivity index (χ0v) is 17.1. The Labute approximate surface area is 167 Å². The Bertz CT molecular complexity index is 1010. The quantitative estimate of drug-likeness (QED) is 0.595. The summed E-state index contributed by atoms with van der Waals surface area (Å²) < 4.78 is 5.78. The van der Waals surface area contributed by atoms with Crippen molar-refractivity contribution >= 4 is 39.7 Å². The van der Waals surface area contributed by atoms with Crippen molar-refractivity contribution < 1.29 is 9.53 Å². The SMILES string of the molecule is Cc1ccc(-c2cc(C(=O)N3C[C@H](C)O[C@@H](C)C3)c3cc(Cl)ccc3n2)s1. The number of fused-ring (bicyclic) bond motifs is 1. The number of aromatic nitrogens is 1. The molecule has 4 rings (SSSR count). The van der Waals surface area contributed by atoms with Gasteiger partial charge < -0.3 is 9.64 Å². The Morgan fingerprint density at radius 2 is 1.93 bits per heavy atom. The minimum Gasteiger partial charge on any atom is -0.372 e. The van der Waals surface area contributed by atoms with Gasteiger partial charge >= 0.3 is 0 Å². The molecule has 1 saturated heterocycles. The number of carbonyl (C=O) groups is 1. The topological polar surface area (TPSA) is 42.4 Å². The van der Waals surface area contributed by atoms with Gasteiger partial charge in [-0.3, -0.25) is 4.79 Å². The number of pyridine rings is 1. The summed E-state index contributed by atoms with van der Waals surface area (Å²) in [5, 5.41) is 1.39. The predicted octanol–water partition coefficient (Wildman–Crippen LogP) is 5.17. The first-order valence-corrected chi connectivity index (χ1v) is 10.2. The molecule has 0 N–H and O–H groups in total. The van der Waals surface area contributed by atoms with Crippen LogP contribution in [0.25, 0.3) is 21.5 Å². The summed E-state index contributed by atoms with van der Waals surface area (Å²) in [7, 11) is 0. The predicted molar refractivity (Wildman–Crippen MR) is 111 cm³/mol. The van der Waals surface area contributed by atoms with Gasteiger partial charge in [0.2, 0.25) is 0 Å². The molecule has 1 amide bonds. The molecule has 2 atom stereocenters. The smallest absolute Gasteiger partial charge is 0.254 e. The van der Waals surface area contributed by atoms with Gasteiger partial charge in [0.15, 0.2) is 0 Å². The fraction of sp³-hybridized carbons (Fsp3) is 0.333. The van der Waals surface area contributed by atoms with Gasteiger partial charge in [0.1, 0.15) is 0 Å². The molecule has 1 aromatic carbocycles. The lowest BCUT2D eigenvalue weighted by molar-refractivity contribution is -0.0585. The van der Waals surface area contributed by atoms with Crippen LogP contribution in [0.1, 0.15) is 29.1 Å². The normalized spacial score (nSPS) is 20.2. The van der Waals surface area contributed by atoms with Crippen molar-refractivity contribution in [2.24, 2.45) is 0 Å². The number of benzene rings is 1. The van der Waals surface area contributed by atoms with Crippen molar-refractivity contribution in [3.8, 4) is 10.6 Å². The number of ether oxygens (including phenoxy) is 1. The van der Waals surface area contributed by atoms with E-state index in [-0.39, 0.29) is 18.1 Å². The summed E-state index contributed by atoms with van der Waals surface area (Å²) in [6.07, 6.45) is 0.0441. The van der Waals surface area contributed by atoms with Crippen LogP contribution in [-0.4, -0.2) is 41.1 Å². The van der Waals surface area contributed by atoms with Crippen molar-refractivity contribution in [3.63, 3.8) is 0 Å². The lowest BCUT2D eigenvalue weighted by Gasteiger charge is -2.35. The molecule has 3 aromatic rings. The van der Waals surface area contributed by atoms with E-state index in [1.54, 1.807) is 11.3 Å². The van der Waals surface area contributed by atoms with Crippen LogP contribution in [0.2, 0.25) is 5.02 Å². The van der Waals surface area contributed by atoms with Gasteiger partial charge in [-0.1, -0.05) is 11.6 Å². The average molecular weight is 401 g/mol. The molecular formula is C21H21ClN2O2S. The fourth-order valence-corrected chi connectivity index (χ4v) is 4.59. The van der Waals surface area contributed by atoms with Gasteiger partial charge in [-0.2, -0.15) is 0 Å². The summed E-state index contributed by atoms with van der Waals surface area (Å²) in [6, 6.07) is 11.5. The summed E-state index contributed by atoms with van der Waals surface area (Å²) in [4.78, 5) is 22.3. The molecule has 0 spiro atoms. The van der Waals surface area contributed by atoms with Crippen LogP contribution >= 0.6 is 22.9 Å². The molecule has 4 nitrogen and oxygen atoms in total. The molecular weight excluding hydrogens is 380 g/mol. The van der Waals surface area contributed by atoms with E-state index in [0.717, 1.165) is 21.5 Å². The van der Waals surface area contributed by atoms with Crippen LogP contribution < -0.4 is 0 Å². The van der Waals surface area contributed by atoms with Crippen LogP contribution in [0.3, 0.4) is 0 Å². The molecule has 3 heterocycles. The number of amides is 1. The van der Waals surface area contributed by atoms with Crippen molar-refractivity contribution in [2.75, 3.05) is 13.1 Å². The Morgan fingerprint density at radius 3 is 2.59 bits per heavy atom. The Kier molecular flexibility index (Phi) is 4.93. The Balaban J connectivity index is 1.84. The van der Waals surface area contributed by atoms with Gasteiger partial charge in [-0.05, 0) is 57.2 Å². The highest BCUT2D eigenvalue weighted by molar-refractivity contribution is 7.15. The molecule has 1 aliphatic heterocycles. The van der Waals surface area contributed by atoms with E-state index in [9.17, 15) is 4.79 Å². The van der Waals surface area contributed by atoms with E-state index >= 15 is 0 Å². The number of thiophene rings is 1. The maximum atomic E-state index is 13.4. The van der Waals surface area contributed by atoms with E-state index in [1.807, 2.05) is 43.0 Å². The molecule has 6 heteroatoms. The third kappa shape index (κ3) is 3.72. The standard InChI is InChI=1S/C21H21ClN2O2S/c1-12-10-24(11-13(2)26-12)21(25)17-9-19(20-7-4-14(3)27-20)23-18-6-5-15(22)8-16(17)18/h4-9,12-13H,10-11H2,1-3H3/t12-,13-/m0/s1. The van der Waals surface area contributed by atoms with E-state index < -0.39 is 0 Å². The molecule has 1 fully saturated rings. The molecule has 0 unspecified atom stereocenters. The van der Waals surface area contributed by atoms with E-state index in [1.165, 1.54) is 4.88 Å². The fourth-order valence-electron chi connectivity index (χ4n) is 3.59. The van der Waals surface area contributed by atoms with Crippen molar-refractivity contribution in [1.29, 1.82) is 0 Å². The van der Waals surface area contributed by atoms with Crippen molar-refractivity contribution in [1.82, 2.24) is 9.88 Å². The average Bonchev–Trinajstić information content (AvgIpc) is 3.06. The summed E-state index contributed by atoms with van der Waals surface area (Å²) in [5.41, 5.74) is 2.24.